The van der Waals surface area contributed by atoms with Crippen molar-refractivity contribution in [3.8, 4) is 0 Å². The van der Waals surface area contributed by atoms with Gasteiger partial charge in [-0.3, -0.25) is 0 Å². The van der Waals surface area contributed by atoms with E-state index in [1.807, 2.05) is 0 Å². The maximum atomic E-state index is 5.94. The van der Waals surface area contributed by atoms with Gasteiger partial charge in [-0.1, -0.05) is 38.1 Å². The molecule has 3 heteroatoms. The Balaban J connectivity index is 1.86. The second-order valence-electron chi connectivity index (χ2n) is 5.68. The van der Waals surface area contributed by atoms with Gasteiger partial charge in [0.1, 0.15) is 0 Å². The highest BCUT2D eigenvalue weighted by molar-refractivity contribution is 5.31. The summed E-state index contributed by atoms with van der Waals surface area (Å²) in [6.07, 6.45) is 1.28. The Bertz CT molecular complexity index is 392. The highest BCUT2D eigenvalue weighted by Gasteiger charge is 2.21. The summed E-state index contributed by atoms with van der Waals surface area (Å²) in [6, 6.07) is 9.23. The number of ether oxygens (including phenoxy) is 1. The van der Waals surface area contributed by atoms with Gasteiger partial charge in [-0.05, 0) is 24.6 Å². The summed E-state index contributed by atoms with van der Waals surface area (Å²) in [5.41, 5.74) is 2.82. The van der Waals surface area contributed by atoms with Crippen molar-refractivity contribution in [2.24, 2.45) is 0 Å². The first-order valence-electron chi connectivity index (χ1n) is 7.28. The summed E-state index contributed by atoms with van der Waals surface area (Å²) in [5, 5.41) is 3.45. The highest BCUT2D eigenvalue weighted by Crippen LogP contribution is 2.27. The first-order valence-corrected chi connectivity index (χ1v) is 7.28. The maximum absolute atomic E-state index is 5.94. The number of rotatable bonds is 6. The van der Waals surface area contributed by atoms with E-state index >= 15 is 0 Å². The number of likely N-dealkylation sites (N-methyl/N-ethyl adjacent to an activating group) is 1. The summed E-state index contributed by atoms with van der Waals surface area (Å²) in [4.78, 5) is 2.35. The van der Waals surface area contributed by atoms with Crippen molar-refractivity contribution in [3.05, 3.63) is 35.4 Å². The number of hydrogen-bond acceptors (Lipinski definition) is 3. The van der Waals surface area contributed by atoms with E-state index in [2.05, 4.69) is 55.4 Å². The van der Waals surface area contributed by atoms with Crippen LogP contribution in [0.15, 0.2) is 24.3 Å². The molecule has 0 spiro atoms. The molecule has 0 fully saturated rings. The predicted molar refractivity (Wildman–Crippen MR) is 79.5 cm³/mol. The van der Waals surface area contributed by atoms with E-state index < -0.39 is 0 Å². The van der Waals surface area contributed by atoms with E-state index in [0.29, 0.717) is 6.04 Å². The van der Waals surface area contributed by atoms with Crippen LogP contribution in [0.4, 0.5) is 0 Å². The largest absolute Gasteiger partial charge is 0.372 e. The molecule has 0 saturated heterocycles. The minimum atomic E-state index is 0.231. The molecule has 3 nitrogen and oxygen atoms in total. The van der Waals surface area contributed by atoms with E-state index in [1.165, 1.54) is 11.1 Å². The molecule has 0 aliphatic carbocycles. The zero-order chi connectivity index (χ0) is 13.7. The number of nitrogens with zero attached hydrogens (tertiary/aromatic N) is 1. The van der Waals surface area contributed by atoms with Gasteiger partial charge in [-0.25, -0.2) is 0 Å². The summed E-state index contributed by atoms with van der Waals surface area (Å²) in [6.45, 7) is 8.26. The van der Waals surface area contributed by atoms with Gasteiger partial charge >= 0.3 is 0 Å². The minimum Gasteiger partial charge on any atom is -0.372 e. The van der Waals surface area contributed by atoms with Crippen LogP contribution in [0.5, 0.6) is 0 Å². The van der Waals surface area contributed by atoms with Crippen LogP contribution in [0.25, 0.3) is 0 Å². The van der Waals surface area contributed by atoms with E-state index in [-0.39, 0.29) is 6.10 Å². The van der Waals surface area contributed by atoms with Gasteiger partial charge in [0.2, 0.25) is 0 Å². The monoisotopic (exact) mass is 262 g/mol. The zero-order valence-corrected chi connectivity index (χ0v) is 12.4. The quantitative estimate of drug-likeness (QED) is 0.851. The van der Waals surface area contributed by atoms with Crippen molar-refractivity contribution in [1.29, 1.82) is 0 Å². The van der Waals surface area contributed by atoms with E-state index in [4.69, 9.17) is 4.74 Å². The lowest BCUT2D eigenvalue weighted by Gasteiger charge is -2.29. The molecule has 1 unspecified atom stereocenters. The van der Waals surface area contributed by atoms with Crippen molar-refractivity contribution in [1.82, 2.24) is 10.2 Å². The zero-order valence-electron chi connectivity index (χ0n) is 12.4. The Labute approximate surface area is 116 Å². The van der Waals surface area contributed by atoms with Crippen molar-refractivity contribution in [2.75, 3.05) is 33.3 Å². The Kier molecular flexibility index (Phi) is 5.37. The van der Waals surface area contributed by atoms with Gasteiger partial charge in [0.15, 0.2) is 0 Å². The molecular formula is C16H26N2O. The van der Waals surface area contributed by atoms with Crippen LogP contribution in [-0.2, 0) is 11.2 Å². The Morgan fingerprint density at radius 1 is 1.37 bits per heavy atom. The number of fused-ring (bicyclic) bond motifs is 1. The molecule has 1 heterocycles. The first-order chi connectivity index (χ1) is 9.16. The topological polar surface area (TPSA) is 24.5 Å². The molecular weight excluding hydrogens is 236 g/mol. The van der Waals surface area contributed by atoms with Crippen molar-refractivity contribution < 1.29 is 4.74 Å². The summed E-state index contributed by atoms with van der Waals surface area (Å²) >= 11 is 0. The molecule has 1 aliphatic heterocycles. The second kappa shape index (κ2) is 7.04. The predicted octanol–water partition coefficient (Wildman–Crippen LogP) is 2.23. The van der Waals surface area contributed by atoms with Crippen molar-refractivity contribution in [3.63, 3.8) is 0 Å². The average Bonchev–Trinajstić information content (AvgIpc) is 2.39. The smallest absolute Gasteiger partial charge is 0.0954 e. The molecule has 1 aromatic carbocycles. The van der Waals surface area contributed by atoms with E-state index in [9.17, 15) is 0 Å². The van der Waals surface area contributed by atoms with Gasteiger partial charge in [-0.15, -0.1) is 0 Å². The molecule has 0 radical (unpaired) electrons. The average molecular weight is 262 g/mol. The SMILES string of the molecule is CC(C)NCCN(C)CC1OCCc2ccccc21. The van der Waals surface area contributed by atoms with Crippen molar-refractivity contribution in [2.45, 2.75) is 32.4 Å². The molecule has 1 N–H and O–H groups in total. The van der Waals surface area contributed by atoms with Gasteiger partial charge in [0, 0.05) is 25.7 Å². The van der Waals surface area contributed by atoms with Crippen molar-refractivity contribution >= 4 is 0 Å². The molecule has 1 aliphatic rings. The summed E-state index contributed by atoms with van der Waals surface area (Å²) in [7, 11) is 2.17. The fourth-order valence-corrected chi connectivity index (χ4v) is 2.55. The lowest BCUT2D eigenvalue weighted by atomic mass is 9.97. The van der Waals surface area contributed by atoms with Gasteiger partial charge in [0.05, 0.1) is 12.7 Å². The highest BCUT2D eigenvalue weighted by atomic mass is 16.5. The van der Waals surface area contributed by atoms with Crippen LogP contribution in [0.3, 0.4) is 0 Å². The fraction of sp³-hybridized carbons (Fsp3) is 0.625. The summed E-state index contributed by atoms with van der Waals surface area (Å²) < 4.78 is 5.94. The molecule has 1 atom stereocenters. The molecule has 2 rings (SSSR count). The lowest BCUT2D eigenvalue weighted by Crippen LogP contribution is -2.36. The third-order valence-corrected chi connectivity index (χ3v) is 3.62. The molecule has 0 bridgehead atoms. The molecule has 19 heavy (non-hydrogen) atoms. The standard InChI is InChI=1S/C16H26N2O/c1-13(2)17-9-10-18(3)12-16-15-7-5-4-6-14(15)8-11-19-16/h4-7,13,16-17H,8-12H2,1-3H3. The minimum absolute atomic E-state index is 0.231. The number of benzene rings is 1. The van der Waals surface area contributed by atoms with Crippen LogP contribution in [0.2, 0.25) is 0 Å². The van der Waals surface area contributed by atoms with Gasteiger partial charge < -0.3 is 15.0 Å². The number of nitrogens with one attached hydrogen (secondary N) is 1. The van der Waals surface area contributed by atoms with Gasteiger partial charge in [-0.2, -0.15) is 0 Å². The van der Waals surface area contributed by atoms with Crippen LogP contribution in [0, 0.1) is 0 Å². The molecule has 1 aromatic rings. The third kappa shape index (κ3) is 4.30. The lowest BCUT2D eigenvalue weighted by molar-refractivity contribution is 0.0212. The molecule has 0 amide bonds. The normalized spacial score (nSPS) is 18.9. The van der Waals surface area contributed by atoms with Crippen LogP contribution >= 0.6 is 0 Å². The van der Waals surface area contributed by atoms with Crippen LogP contribution in [-0.4, -0.2) is 44.2 Å². The Morgan fingerprint density at radius 3 is 2.95 bits per heavy atom. The summed E-state index contributed by atoms with van der Waals surface area (Å²) in [5.74, 6) is 0. The Hall–Kier alpha value is -0.900. The molecule has 0 aromatic heterocycles. The van der Waals surface area contributed by atoms with Crippen LogP contribution < -0.4 is 5.32 Å². The van der Waals surface area contributed by atoms with Gasteiger partial charge in [0.25, 0.3) is 0 Å². The van der Waals surface area contributed by atoms with Crippen LogP contribution in [0.1, 0.15) is 31.1 Å². The first kappa shape index (κ1) is 14.5. The fourth-order valence-electron chi connectivity index (χ4n) is 2.55. The Morgan fingerprint density at radius 2 is 2.16 bits per heavy atom. The molecule has 0 saturated carbocycles. The van der Waals surface area contributed by atoms with E-state index in [1.54, 1.807) is 0 Å². The maximum Gasteiger partial charge on any atom is 0.0954 e. The van der Waals surface area contributed by atoms with E-state index in [0.717, 1.165) is 32.7 Å². The third-order valence-electron chi connectivity index (χ3n) is 3.62. The number of hydrogen-bond donors (Lipinski definition) is 1. The second-order valence-corrected chi connectivity index (χ2v) is 5.68. The molecule has 106 valence electrons.